The third-order valence-electron chi connectivity index (χ3n) is 6.75. The van der Waals surface area contributed by atoms with E-state index in [1.165, 1.54) is 12.1 Å². The first-order valence-electron chi connectivity index (χ1n) is 11.9. The SMILES string of the molecule is O=C(NCC1(NCC(F)(F)F)CO1)c1ccc(C2=NO[C@@](c3cc(Cl)c(F)c(Cl)c3)(C(F)(F)F)C2)c2ccccc12. The zero-order valence-electron chi connectivity index (χ0n) is 20.5. The molecule has 1 fully saturated rings. The first kappa shape index (κ1) is 29.4. The highest BCUT2D eigenvalue weighted by molar-refractivity contribution is 6.35. The van der Waals surface area contributed by atoms with Crippen LogP contribution in [0.1, 0.15) is 27.9 Å². The number of epoxide rings is 1. The van der Waals surface area contributed by atoms with Crippen molar-refractivity contribution in [1.29, 1.82) is 0 Å². The Morgan fingerprint density at radius 3 is 2.22 bits per heavy atom. The van der Waals surface area contributed by atoms with Crippen LogP contribution in [0.15, 0.2) is 53.7 Å². The lowest BCUT2D eigenvalue weighted by Crippen LogP contribution is -2.47. The van der Waals surface area contributed by atoms with E-state index < -0.39 is 64.0 Å². The number of halogens is 9. The molecule has 3 aromatic carbocycles. The van der Waals surface area contributed by atoms with Gasteiger partial charge in [0.2, 0.25) is 0 Å². The number of hydrogen-bond donors (Lipinski definition) is 2. The molecule has 0 spiro atoms. The van der Waals surface area contributed by atoms with Crippen molar-refractivity contribution in [2.24, 2.45) is 5.16 Å². The van der Waals surface area contributed by atoms with Crippen molar-refractivity contribution in [3.63, 3.8) is 0 Å². The first-order chi connectivity index (χ1) is 19.1. The number of amides is 1. The van der Waals surface area contributed by atoms with Crippen LogP contribution >= 0.6 is 23.2 Å². The molecular weight excluding hydrogens is 606 g/mol. The van der Waals surface area contributed by atoms with Gasteiger partial charge in [-0.2, -0.15) is 26.3 Å². The van der Waals surface area contributed by atoms with Crippen molar-refractivity contribution in [1.82, 2.24) is 10.6 Å². The van der Waals surface area contributed by atoms with Gasteiger partial charge in [-0.1, -0.05) is 58.7 Å². The Hall–Kier alpha value is -3.13. The molecule has 1 unspecified atom stereocenters. The van der Waals surface area contributed by atoms with Gasteiger partial charge < -0.3 is 14.9 Å². The molecule has 41 heavy (non-hydrogen) atoms. The van der Waals surface area contributed by atoms with Gasteiger partial charge in [-0.25, -0.2) is 4.39 Å². The zero-order chi connectivity index (χ0) is 29.8. The summed E-state index contributed by atoms with van der Waals surface area (Å²) in [6.45, 7) is -1.59. The Morgan fingerprint density at radius 1 is 1.00 bits per heavy atom. The number of carbonyl (C=O) groups excluding carboxylic acids is 1. The molecule has 5 rings (SSSR count). The van der Waals surface area contributed by atoms with Gasteiger partial charge in [0.05, 0.1) is 35.5 Å². The van der Waals surface area contributed by atoms with Gasteiger partial charge in [0.1, 0.15) is 0 Å². The van der Waals surface area contributed by atoms with Gasteiger partial charge in [-0.05, 0) is 29.0 Å². The van der Waals surface area contributed by atoms with Gasteiger partial charge in [0.15, 0.2) is 11.5 Å². The summed E-state index contributed by atoms with van der Waals surface area (Å²) in [6.07, 6.45) is -10.3. The van der Waals surface area contributed by atoms with Crippen LogP contribution in [0.2, 0.25) is 10.0 Å². The number of ether oxygens (including phenoxy) is 1. The van der Waals surface area contributed by atoms with Crippen molar-refractivity contribution >= 4 is 45.6 Å². The molecule has 2 atom stereocenters. The normalized spacial score (nSPS) is 22.4. The highest BCUT2D eigenvalue weighted by atomic mass is 35.5. The summed E-state index contributed by atoms with van der Waals surface area (Å²) in [5.41, 5.74) is -4.66. The van der Waals surface area contributed by atoms with Gasteiger partial charge in [-0.3, -0.25) is 10.1 Å². The lowest BCUT2D eigenvalue weighted by atomic mass is 9.85. The van der Waals surface area contributed by atoms with Crippen LogP contribution in [0.4, 0.5) is 30.7 Å². The Kier molecular flexibility index (Phi) is 7.38. The maximum absolute atomic E-state index is 14.4. The van der Waals surface area contributed by atoms with E-state index in [0.717, 1.165) is 12.1 Å². The topological polar surface area (TPSA) is 75.3 Å². The second-order valence-electron chi connectivity index (χ2n) is 9.53. The lowest BCUT2D eigenvalue weighted by molar-refractivity contribution is -0.275. The third kappa shape index (κ3) is 5.68. The minimum atomic E-state index is -5.01. The molecular formula is C26H18Cl2F7N3O3. The summed E-state index contributed by atoms with van der Waals surface area (Å²) >= 11 is 11.5. The number of hydrogen-bond acceptors (Lipinski definition) is 5. The van der Waals surface area contributed by atoms with E-state index in [1.807, 2.05) is 0 Å². The average Bonchev–Trinajstić information content (AvgIpc) is 3.54. The fraction of sp³-hybridized carbons (Fsp3) is 0.308. The largest absolute Gasteiger partial charge is 0.435 e. The molecule has 0 saturated carbocycles. The van der Waals surface area contributed by atoms with E-state index in [2.05, 4.69) is 15.8 Å². The minimum Gasteiger partial charge on any atom is -0.374 e. The average molecular weight is 624 g/mol. The summed E-state index contributed by atoms with van der Waals surface area (Å²) in [7, 11) is 0. The molecule has 2 aliphatic heterocycles. The van der Waals surface area contributed by atoms with Crippen LogP contribution in [0.5, 0.6) is 0 Å². The Bertz CT molecular complexity index is 1530. The number of oxime groups is 1. The highest BCUT2D eigenvalue weighted by Gasteiger charge is 2.62. The molecule has 0 bridgehead atoms. The van der Waals surface area contributed by atoms with E-state index in [0.29, 0.717) is 10.8 Å². The number of alkyl halides is 6. The lowest BCUT2D eigenvalue weighted by Gasteiger charge is -2.29. The standard InChI is InChI=1S/C26H18Cl2F7N3O3/c27-18-7-13(8-19(28)21(18)29)24(26(33,34)35)9-20(38-41-24)16-5-6-17(15-4-2-1-3-14(15)16)22(39)36-10-23(12-40-23)37-11-25(30,31)32/h1-8,37H,9-12H2,(H,36,39)/t23?,24-/m0/s1. The molecule has 6 nitrogen and oxygen atoms in total. The number of rotatable bonds is 7. The number of carbonyl (C=O) groups is 1. The predicted octanol–water partition coefficient (Wildman–Crippen LogP) is 6.48. The van der Waals surface area contributed by atoms with E-state index in [1.54, 1.807) is 24.3 Å². The van der Waals surface area contributed by atoms with E-state index in [9.17, 15) is 35.5 Å². The van der Waals surface area contributed by atoms with E-state index in [4.69, 9.17) is 32.8 Å². The number of nitrogens with one attached hydrogen (secondary N) is 2. The molecule has 0 aliphatic carbocycles. The van der Waals surface area contributed by atoms with Crippen molar-refractivity contribution in [3.05, 3.63) is 81.1 Å². The van der Waals surface area contributed by atoms with Crippen LogP contribution in [-0.2, 0) is 15.2 Å². The molecule has 0 aromatic heterocycles. The van der Waals surface area contributed by atoms with Gasteiger partial charge in [-0.15, -0.1) is 0 Å². The van der Waals surface area contributed by atoms with Crippen molar-refractivity contribution < 1.29 is 45.1 Å². The van der Waals surface area contributed by atoms with Gasteiger partial charge >= 0.3 is 12.4 Å². The van der Waals surface area contributed by atoms with Gasteiger partial charge in [0, 0.05) is 23.1 Å². The summed E-state index contributed by atoms with van der Waals surface area (Å²) in [6, 6.07) is 10.6. The molecule has 2 aliphatic rings. The maximum Gasteiger partial charge on any atom is 0.435 e. The van der Waals surface area contributed by atoms with E-state index >= 15 is 0 Å². The third-order valence-corrected chi connectivity index (χ3v) is 7.30. The number of fused-ring (bicyclic) bond motifs is 1. The van der Waals surface area contributed by atoms with Crippen molar-refractivity contribution in [3.8, 4) is 0 Å². The molecule has 3 aromatic rings. The molecule has 2 heterocycles. The summed E-state index contributed by atoms with van der Waals surface area (Å²) in [4.78, 5) is 18.0. The fourth-order valence-electron chi connectivity index (χ4n) is 4.52. The Labute approximate surface area is 237 Å². The molecule has 1 amide bonds. The molecule has 1 saturated heterocycles. The maximum atomic E-state index is 14.4. The second-order valence-corrected chi connectivity index (χ2v) is 10.3. The van der Waals surface area contributed by atoms with Gasteiger partial charge in [0.25, 0.3) is 11.5 Å². The first-order valence-corrected chi connectivity index (χ1v) is 12.6. The highest BCUT2D eigenvalue weighted by Crippen LogP contribution is 2.50. The second kappa shape index (κ2) is 10.3. The summed E-state index contributed by atoms with van der Waals surface area (Å²) < 4.78 is 100. The predicted molar refractivity (Wildman–Crippen MR) is 135 cm³/mol. The Balaban J connectivity index is 1.42. The summed E-state index contributed by atoms with van der Waals surface area (Å²) in [5, 5.41) is 7.94. The van der Waals surface area contributed by atoms with Crippen LogP contribution in [-0.4, -0.2) is 49.4 Å². The number of benzene rings is 3. The molecule has 15 heteroatoms. The van der Waals surface area contributed by atoms with E-state index in [-0.39, 0.29) is 30.0 Å². The molecule has 218 valence electrons. The Morgan fingerprint density at radius 2 is 1.63 bits per heavy atom. The van der Waals surface area contributed by atoms with Crippen LogP contribution < -0.4 is 10.6 Å². The molecule has 0 radical (unpaired) electrons. The van der Waals surface area contributed by atoms with Crippen molar-refractivity contribution in [2.45, 2.75) is 30.1 Å². The van der Waals surface area contributed by atoms with Crippen molar-refractivity contribution in [2.75, 3.05) is 19.7 Å². The quantitative estimate of drug-likeness (QED) is 0.180. The van der Waals surface area contributed by atoms with Crippen LogP contribution in [0.3, 0.4) is 0 Å². The van der Waals surface area contributed by atoms with Crippen LogP contribution in [0.25, 0.3) is 10.8 Å². The minimum absolute atomic E-state index is 0.0334. The summed E-state index contributed by atoms with van der Waals surface area (Å²) in [5.74, 6) is -1.72. The molecule has 2 N–H and O–H groups in total. The zero-order valence-corrected chi connectivity index (χ0v) is 22.0. The number of nitrogens with zero attached hydrogens (tertiary/aromatic N) is 1. The monoisotopic (exact) mass is 623 g/mol. The van der Waals surface area contributed by atoms with Crippen LogP contribution in [0, 0.1) is 5.82 Å². The smallest absolute Gasteiger partial charge is 0.374 e. The fourth-order valence-corrected chi connectivity index (χ4v) is 5.01.